The lowest BCUT2D eigenvalue weighted by molar-refractivity contribution is -0.149. The standard InChI is InChI=1S/C13H16N2O4/c16-10-6-5-9(11(17)14-10)15-12(18)7-3-1-2-4-8(7)13(15)19/h1-4,7-11,14,16-17H,5-6H2. The highest BCUT2D eigenvalue weighted by Crippen LogP contribution is 2.34. The van der Waals surface area contributed by atoms with E-state index in [2.05, 4.69) is 5.32 Å². The summed E-state index contributed by atoms with van der Waals surface area (Å²) >= 11 is 0. The van der Waals surface area contributed by atoms with Gasteiger partial charge in [0.05, 0.1) is 17.9 Å². The minimum atomic E-state index is -1.08. The number of likely N-dealkylation sites (tertiary alicyclic amines) is 1. The number of hydrogen-bond donors (Lipinski definition) is 3. The van der Waals surface area contributed by atoms with E-state index in [0.29, 0.717) is 12.8 Å². The normalized spacial score (nSPS) is 41.8. The van der Waals surface area contributed by atoms with Crippen molar-refractivity contribution in [3.63, 3.8) is 0 Å². The highest BCUT2D eigenvalue weighted by molar-refractivity contribution is 6.07. The number of rotatable bonds is 1. The van der Waals surface area contributed by atoms with E-state index in [0.717, 1.165) is 0 Å². The first-order valence-corrected chi connectivity index (χ1v) is 6.43. The van der Waals surface area contributed by atoms with E-state index in [4.69, 9.17) is 0 Å². The summed E-state index contributed by atoms with van der Waals surface area (Å²) in [5.74, 6) is -1.43. The molecule has 6 nitrogen and oxygen atoms in total. The van der Waals surface area contributed by atoms with Crippen LogP contribution in [0.2, 0.25) is 0 Å². The smallest absolute Gasteiger partial charge is 0.237 e. The molecule has 3 N–H and O–H groups in total. The van der Waals surface area contributed by atoms with Crippen LogP contribution in [0.1, 0.15) is 12.8 Å². The number of fused-ring (bicyclic) bond motifs is 1. The Hall–Kier alpha value is -1.50. The van der Waals surface area contributed by atoms with E-state index >= 15 is 0 Å². The van der Waals surface area contributed by atoms with Gasteiger partial charge in [0.1, 0.15) is 12.5 Å². The summed E-state index contributed by atoms with van der Waals surface area (Å²) in [4.78, 5) is 25.8. The van der Waals surface area contributed by atoms with E-state index in [1.165, 1.54) is 4.90 Å². The number of aliphatic hydroxyl groups excluding tert-OH is 2. The van der Waals surface area contributed by atoms with Gasteiger partial charge in [0.15, 0.2) is 0 Å². The Bertz CT molecular complexity index is 443. The number of piperidine rings is 1. The summed E-state index contributed by atoms with van der Waals surface area (Å²) in [6, 6.07) is -0.601. The van der Waals surface area contributed by atoms with Gasteiger partial charge in [-0.2, -0.15) is 0 Å². The van der Waals surface area contributed by atoms with Crippen LogP contribution in [0.5, 0.6) is 0 Å². The maximum atomic E-state index is 12.3. The fourth-order valence-electron chi connectivity index (χ4n) is 2.98. The second kappa shape index (κ2) is 4.56. The van der Waals surface area contributed by atoms with Crippen LogP contribution in [0.3, 0.4) is 0 Å². The van der Waals surface area contributed by atoms with Gasteiger partial charge in [0.2, 0.25) is 11.8 Å². The van der Waals surface area contributed by atoms with Crippen LogP contribution in [-0.2, 0) is 9.59 Å². The number of allylic oxidation sites excluding steroid dienone is 2. The fourth-order valence-corrected chi connectivity index (χ4v) is 2.98. The zero-order chi connectivity index (χ0) is 13.6. The molecule has 102 valence electrons. The second-order valence-electron chi connectivity index (χ2n) is 5.14. The molecule has 0 aromatic heterocycles. The number of aliphatic hydroxyl groups is 2. The maximum Gasteiger partial charge on any atom is 0.237 e. The summed E-state index contributed by atoms with van der Waals surface area (Å²) < 4.78 is 0. The molecule has 2 fully saturated rings. The third-order valence-corrected chi connectivity index (χ3v) is 3.98. The van der Waals surface area contributed by atoms with Gasteiger partial charge < -0.3 is 10.2 Å². The Labute approximate surface area is 110 Å². The highest BCUT2D eigenvalue weighted by atomic mass is 16.3. The SMILES string of the molecule is O=C1C2C=CC=CC2C(=O)N1C1CCC(O)NC1O. The average Bonchev–Trinajstić information content (AvgIpc) is 2.64. The molecule has 2 heterocycles. The first-order valence-electron chi connectivity index (χ1n) is 6.43. The van der Waals surface area contributed by atoms with Crippen LogP contribution >= 0.6 is 0 Å². The molecule has 0 aromatic rings. The van der Waals surface area contributed by atoms with Gasteiger partial charge in [-0.25, -0.2) is 0 Å². The quantitative estimate of drug-likeness (QED) is 0.534. The van der Waals surface area contributed by atoms with Crippen molar-refractivity contribution in [1.82, 2.24) is 10.2 Å². The minimum absolute atomic E-state index is 0.266. The van der Waals surface area contributed by atoms with Crippen LogP contribution in [0, 0.1) is 11.8 Å². The summed E-state index contributed by atoms with van der Waals surface area (Å²) in [6.45, 7) is 0. The minimum Gasteiger partial charge on any atom is -0.379 e. The Morgan fingerprint density at radius 1 is 1.05 bits per heavy atom. The van der Waals surface area contributed by atoms with Crippen molar-refractivity contribution < 1.29 is 19.8 Å². The van der Waals surface area contributed by atoms with E-state index in [-0.39, 0.29) is 11.8 Å². The third-order valence-electron chi connectivity index (χ3n) is 3.98. The number of amides is 2. The number of carbonyl (C=O) groups excluding carboxylic acids is 2. The van der Waals surface area contributed by atoms with E-state index in [9.17, 15) is 19.8 Å². The van der Waals surface area contributed by atoms with Crippen molar-refractivity contribution in [2.45, 2.75) is 31.3 Å². The van der Waals surface area contributed by atoms with Gasteiger partial charge in [-0.1, -0.05) is 24.3 Å². The van der Waals surface area contributed by atoms with Gasteiger partial charge in [0.25, 0.3) is 0 Å². The summed E-state index contributed by atoms with van der Waals surface area (Å²) in [7, 11) is 0. The van der Waals surface area contributed by atoms with Crippen LogP contribution in [-0.4, -0.2) is 45.4 Å². The topological polar surface area (TPSA) is 89.9 Å². The molecule has 0 radical (unpaired) electrons. The van der Waals surface area contributed by atoms with Gasteiger partial charge in [-0.3, -0.25) is 19.8 Å². The monoisotopic (exact) mass is 264 g/mol. The van der Waals surface area contributed by atoms with Crippen molar-refractivity contribution in [3.05, 3.63) is 24.3 Å². The molecule has 0 spiro atoms. The zero-order valence-electron chi connectivity index (χ0n) is 10.3. The predicted molar refractivity (Wildman–Crippen MR) is 65.3 cm³/mol. The molecule has 1 aliphatic carbocycles. The van der Waals surface area contributed by atoms with Gasteiger partial charge in [-0.05, 0) is 12.8 Å². The molecule has 0 bridgehead atoms. The van der Waals surface area contributed by atoms with Crippen molar-refractivity contribution in [2.75, 3.05) is 0 Å². The lowest BCUT2D eigenvalue weighted by Gasteiger charge is -2.36. The molecule has 5 unspecified atom stereocenters. The molecule has 19 heavy (non-hydrogen) atoms. The maximum absolute atomic E-state index is 12.3. The van der Waals surface area contributed by atoms with Crippen LogP contribution in [0.15, 0.2) is 24.3 Å². The van der Waals surface area contributed by atoms with Crippen LogP contribution in [0.25, 0.3) is 0 Å². The molecule has 3 aliphatic rings. The first kappa shape index (κ1) is 12.5. The third kappa shape index (κ3) is 1.92. The largest absolute Gasteiger partial charge is 0.379 e. The first-order chi connectivity index (χ1) is 9.09. The summed E-state index contributed by atoms with van der Waals surface area (Å²) in [5.41, 5.74) is 0. The summed E-state index contributed by atoms with van der Waals surface area (Å²) in [5, 5.41) is 21.9. The van der Waals surface area contributed by atoms with Crippen molar-refractivity contribution >= 4 is 11.8 Å². The van der Waals surface area contributed by atoms with E-state index in [1.807, 2.05) is 0 Å². The second-order valence-corrected chi connectivity index (χ2v) is 5.14. The number of nitrogens with one attached hydrogen (secondary N) is 1. The lowest BCUT2D eigenvalue weighted by atomic mass is 9.91. The molecule has 6 heteroatoms. The van der Waals surface area contributed by atoms with Crippen molar-refractivity contribution in [1.29, 1.82) is 0 Å². The van der Waals surface area contributed by atoms with E-state index < -0.39 is 30.3 Å². The van der Waals surface area contributed by atoms with Crippen molar-refractivity contribution in [2.24, 2.45) is 11.8 Å². The molecule has 2 amide bonds. The molecular weight excluding hydrogens is 248 g/mol. The molecule has 5 atom stereocenters. The lowest BCUT2D eigenvalue weighted by Crippen LogP contribution is -2.58. The number of imide groups is 1. The molecule has 0 aromatic carbocycles. The van der Waals surface area contributed by atoms with E-state index in [1.54, 1.807) is 24.3 Å². The van der Waals surface area contributed by atoms with Crippen molar-refractivity contribution in [3.8, 4) is 0 Å². The van der Waals surface area contributed by atoms with Gasteiger partial charge in [-0.15, -0.1) is 0 Å². The predicted octanol–water partition coefficient (Wildman–Crippen LogP) is -0.898. The zero-order valence-corrected chi connectivity index (χ0v) is 10.3. The molecule has 2 aliphatic heterocycles. The number of nitrogens with zero attached hydrogens (tertiary/aromatic N) is 1. The average molecular weight is 264 g/mol. The van der Waals surface area contributed by atoms with Gasteiger partial charge >= 0.3 is 0 Å². The summed E-state index contributed by atoms with van der Waals surface area (Å²) in [6.07, 6.45) is 5.90. The van der Waals surface area contributed by atoms with Crippen LogP contribution < -0.4 is 5.32 Å². The number of hydrogen-bond acceptors (Lipinski definition) is 5. The molecule has 0 saturated carbocycles. The molecular formula is C13H16N2O4. The Kier molecular flexibility index (Phi) is 3.00. The number of carbonyl (C=O) groups is 2. The van der Waals surface area contributed by atoms with Gasteiger partial charge in [0, 0.05) is 0 Å². The highest BCUT2D eigenvalue weighted by Gasteiger charge is 2.50. The Morgan fingerprint density at radius 2 is 1.63 bits per heavy atom. The fraction of sp³-hybridized carbons (Fsp3) is 0.538. The van der Waals surface area contributed by atoms with Crippen LogP contribution in [0.4, 0.5) is 0 Å². The molecule has 3 rings (SSSR count). The Morgan fingerprint density at radius 3 is 2.16 bits per heavy atom. The molecule has 2 saturated heterocycles. The Balaban J connectivity index is 1.85.